The third kappa shape index (κ3) is 47.0. The van der Waals surface area contributed by atoms with E-state index >= 15 is 0 Å². The van der Waals surface area contributed by atoms with Crippen molar-refractivity contribution < 1.29 is 32.9 Å². The number of unbranched alkanes of at least 4 members (excludes halogenated alkanes) is 36. The van der Waals surface area contributed by atoms with Crippen molar-refractivity contribution in [2.75, 3.05) is 40.9 Å². The maximum absolute atomic E-state index is 12.9. The molecule has 0 saturated carbocycles. The van der Waals surface area contributed by atoms with Gasteiger partial charge in [0.1, 0.15) is 13.2 Å². The molecule has 0 bridgehead atoms. The van der Waals surface area contributed by atoms with Crippen molar-refractivity contribution in [1.29, 1.82) is 0 Å². The predicted octanol–water partition coefficient (Wildman–Crippen LogP) is 14.8. The number of hydrogen-bond acceptors (Lipinski definition) is 6. The van der Waals surface area contributed by atoms with E-state index in [1.54, 1.807) is 6.08 Å². The predicted molar refractivity (Wildman–Crippen MR) is 261 cm³/mol. The maximum Gasteiger partial charge on any atom is 0.268 e. The highest BCUT2D eigenvalue weighted by Gasteiger charge is 2.23. The number of allylic oxidation sites excluding steroid dienone is 1. The van der Waals surface area contributed by atoms with Crippen LogP contribution in [0.4, 0.5) is 0 Å². The minimum atomic E-state index is -4.59. The van der Waals surface area contributed by atoms with Crippen LogP contribution in [0.3, 0.4) is 0 Å². The number of rotatable bonds is 49. The highest BCUT2D eigenvalue weighted by molar-refractivity contribution is 7.45. The van der Waals surface area contributed by atoms with Crippen LogP contribution in [-0.2, 0) is 18.4 Å². The molecule has 0 spiro atoms. The lowest BCUT2D eigenvalue weighted by molar-refractivity contribution is -0.870. The monoisotopic (exact) mass is 885 g/mol. The van der Waals surface area contributed by atoms with Crippen LogP contribution in [0, 0.1) is 0 Å². The number of phosphoric ester groups is 1. The third-order valence-corrected chi connectivity index (χ3v) is 13.2. The molecule has 8 nitrogen and oxygen atoms in total. The standard InChI is InChI=1S/C52H105N2O6P/c1-6-8-10-12-14-16-18-20-22-23-24-25-26-27-28-29-30-32-34-36-38-40-42-44-46-52(56)53-50(49-60-61(57,58)59-48-47-54(3,4)5)51(55)45-43-41-39-37-35-33-31-21-19-17-15-13-11-9-7-2/h43,45,50-51,55H,6-42,44,46-49H2,1-5H3,(H-,53,56,57,58)/b45-43+/t50-,51+/m0/s1. The summed E-state index contributed by atoms with van der Waals surface area (Å²) >= 11 is 0. The zero-order valence-electron chi connectivity index (χ0n) is 41.4. The van der Waals surface area contributed by atoms with Crippen LogP contribution in [0.2, 0.25) is 0 Å². The van der Waals surface area contributed by atoms with Crippen molar-refractivity contribution in [1.82, 2.24) is 5.32 Å². The molecule has 0 aliphatic heterocycles. The molecular formula is C52H105N2O6P. The van der Waals surface area contributed by atoms with Crippen molar-refractivity contribution in [3.63, 3.8) is 0 Å². The number of quaternary nitrogens is 1. The summed E-state index contributed by atoms with van der Waals surface area (Å²) in [4.78, 5) is 25.4. The number of hydrogen-bond donors (Lipinski definition) is 2. The number of aliphatic hydroxyl groups excluding tert-OH is 1. The molecule has 61 heavy (non-hydrogen) atoms. The Morgan fingerprint density at radius 2 is 0.885 bits per heavy atom. The molecule has 0 heterocycles. The van der Waals surface area contributed by atoms with Crippen LogP contribution in [0.25, 0.3) is 0 Å². The Morgan fingerprint density at radius 1 is 0.557 bits per heavy atom. The Bertz CT molecular complexity index is 1000. The second-order valence-corrected chi connectivity index (χ2v) is 21.0. The summed E-state index contributed by atoms with van der Waals surface area (Å²) < 4.78 is 23.3. The number of aliphatic hydroxyl groups is 1. The molecule has 1 amide bonds. The molecule has 0 fully saturated rings. The van der Waals surface area contributed by atoms with Crippen LogP contribution in [0.1, 0.15) is 264 Å². The average Bonchev–Trinajstić information content (AvgIpc) is 3.21. The van der Waals surface area contributed by atoms with Gasteiger partial charge in [-0.1, -0.05) is 251 Å². The van der Waals surface area contributed by atoms with Gasteiger partial charge in [-0.3, -0.25) is 9.36 Å². The molecule has 0 rings (SSSR count). The summed E-state index contributed by atoms with van der Waals surface area (Å²) in [6.45, 7) is 4.68. The first-order chi connectivity index (χ1) is 29.5. The van der Waals surface area contributed by atoms with Gasteiger partial charge in [-0.2, -0.15) is 0 Å². The third-order valence-electron chi connectivity index (χ3n) is 12.2. The fraction of sp³-hybridized carbons (Fsp3) is 0.942. The van der Waals surface area contributed by atoms with E-state index in [4.69, 9.17) is 9.05 Å². The number of carbonyl (C=O) groups excluding carboxylic acids is 1. The first-order valence-electron chi connectivity index (χ1n) is 26.6. The summed E-state index contributed by atoms with van der Waals surface area (Å²) in [6.07, 6.45) is 52.7. The molecule has 0 radical (unpaired) electrons. The van der Waals surface area contributed by atoms with E-state index < -0.39 is 20.0 Å². The topological polar surface area (TPSA) is 108 Å². The fourth-order valence-electron chi connectivity index (χ4n) is 8.04. The summed E-state index contributed by atoms with van der Waals surface area (Å²) in [7, 11) is 1.28. The van der Waals surface area contributed by atoms with Crippen LogP contribution in [-0.4, -0.2) is 68.5 Å². The van der Waals surface area contributed by atoms with Gasteiger partial charge >= 0.3 is 0 Å². The lowest BCUT2D eigenvalue weighted by Crippen LogP contribution is -2.45. The first kappa shape index (κ1) is 60.2. The number of phosphoric acid groups is 1. The molecule has 3 atom stereocenters. The van der Waals surface area contributed by atoms with Crippen molar-refractivity contribution in [3.05, 3.63) is 12.2 Å². The Balaban J connectivity index is 4.18. The Labute approximate surface area is 380 Å². The van der Waals surface area contributed by atoms with Crippen LogP contribution < -0.4 is 10.2 Å². The summed E-state index contributed by atoms with van der Waals surface area (Å²) in [5.74, 6) is -0.192. The number of nitrogens with one attached hydrogen (secondary N) is 1. The molecule has 364 valence electrons. The Hall–Kier alpha value is -0.760. The minimum Gasteiger partial charge on any atom is -0.756 e. The van der Waals surface area contributed by atoms with Gasteiger partial charge < -0.3 is 28.8 Å². The van der Waals surface area contributed by atoms with Crippen molar-refractivity contribution in [2.45, 2.75) is 276 Å². The summed E-state index contributed by atoms with van der Waals surface area (Å²) in [5.41, 5.74) is 0. The normalized spacial score (nSPS) is 14.1. The highest BCUT2D eigenvalue weighted by atomic mass is 31.2. The molecule has 0 aromatic carbocycles. The van der Waals surface area contributed by atoms with Gasteiger partial charge in [0.05, 0.1) is 39.9 Å². The van der Waals surface area contributed by atoms with Crippen LogP contribution >= 0.6 is 7.82 Å². The van der Waals surface area contributed by atoms with Crippen molar-refractivity contribution in [3.8, 4) is 0 Å². The van der Waals surface area contributed by atoms with Gasteiger partial charge in [0, 0.05) is 6.42 Å². The van der Waals surface area contributed by atoms with E-state index in [0.717, 1.165) is 38.5 Å². The number of nitrogens with zero attached hydrogens (tertiary/aromatic N) is 1. The van der Waals surface area contributed by atoms with Crippen LogP contribution in [0.15, 0.2) is 12.2 Å². The molecule has 9 heteroatoms. The van der Waals surface area contributed by atoms with Crippen molar-refractivity contribution in [2.24, 2.45) is 0 Å². The molecular weight excluding hydrogens is 780 g/mol. The quantitative estimate of drug-likeness (QED) is 0.0273. The second-order valence-electron chi connectivity index (χ2n) is 19.6. The smallest absolute Gasteiger partial charge is 0.268 e. The molecule has 0 aliphatic rings. The first-order valence-corrected chi connectivity index (χ1v) is 28.0. The molecule has 0 aliphatic carbocycles. The van der Waals surface area contributed by atoms with E-state index in [1.807, 2.05) is 27.2 Å². The van der Waals surface area contributed by atoms with Crippen LogP contribution in [0.5, 0.6) is 0 Å². The molecule has 0 aromatic rings. The summed E-state index contributed by atoms with van der Waals surface area (Å²) in [6, 6.07) is -0.881. The van der Waals surface area contributed by atoms with E-state index in [9.17, 15) is 19.4 Å². The number of carbonyl (C=O) groups is 1. The highest BCUT2D eigenvalue weighted by Crippen LogP contribution is 2.38. The lowest BCUT2D eigenvalue weighted by Gasteiger charge is -2.29. The molecule has 0 aromatic heterocycles. The minimum absolute atomic E-state index is 0.00243. The van der Waals surface area contributed by atoms with Gasteiger partial charge in [0.15, 0.2) is 0 Å². The van der Waals surface area contributed by atoms with Gasteiger partial charge in [-0.15, -0.1) is 0 Å². The second kappa shape index (κ2) is 44.4. The van der Waals surface area contributed by atoms with Crippen molar-refractivity contribution >= 4 is 13.7 Å². The molecule has 2 N–H and O–H groups in total. The average molecular weight is 885 g/mol. The maximum atomic E-state index is 12.9. The zero-order chi connectivity index (χ0) is 45.0. The van der Waals surface area contributed by atoms with E-state index in [-0.39, 0.29) is 19.1 Å². The Morgan fingerprint density at radius 3 is 1.23 bits per heavy atom. The van der Waals surface area contributed by atoms with E-state index in [0.29, 0.717) is 17.4 Å². The number of amides is 1. The molecule has 0 saturated heterocycles. The molecule has 1 unspecified atom stereocenters. The van der Waals surface area contributed by atoms with Gasteiger partial charge in [-0.25, -0.2) is 0 Å². The lowest BCUT2D eigenvalue weighted by atomic mass is 10.0. The van der Waals surface area contributed by atoms with Gasteiger partial charge in [0.25, 0.3) is 7.82 Å². The van der Waals surface area contributed by atoms with E-state index in [1.165, 1.54) is 205 Å². The fourth-order valence-corrected chi connectivity index (χ4v) is 8.76. The van der Waals surface area contributed by atoms with E-state index in [2.05, 4.69) is 19.2 Å². The van der Waals surface area contributed by atoms with Gasteiger partial charge in [0.2, 0.25) is 5.91 Å². The largest absolute Gasteiger partial charge is 0.756 e. The number of likely N-dealkylation sites (N-methyl/N-ethyl adjacent to an activating group) is 1. The Kier molecular flexibility index (Phi) is 43.9. The SMILES string of the molecule is CCCCCCCCCCCCCCC/C=C/[C@@H](O)[C@H](COP(=O)([O-])OCC[N+](C)(C)C)NC(=O)CCCCCCCCCCCCCCCCCCCCCCCCCC. The van der Waals surface area contributed by atoms with Gasteiger partial charge in [-0.05, 0) is 19.3 Å². The summed E-state index contributed by atoms with van der Waals surface area (Å²) in [5, 5.41) is 13.8. The zero-order valence-corrected chi connectivity index (χ0v) is 42.3.